The number of aromatic nitrogens is 1. The van der Waals surface area contributed by atoms with Gasteiger partial charge >= 0.3 is 6.03 Å². The fourth-order valence-electron chi connectivity index (χ4n) is 3.13. The summed E-state index contributed by atoms with van der Waals surface area (Å²) in [6, 6.07) is 14.3. The van der Waals surface area contributed by atoms with Crippen molar-refractivity contribution in [1.29, 1.82) is 0 Å². The van der Waals surface area contributed by atoms with Gasteiger partial charge in [0, 0.05) is 18.5 Å². The Labute approximate surface area is 165 Å². The van der Waals surface area contributed by atoms with Crippen molar-refractivity contribution in [3.8, 4) is 0 Å². The van der Waals surface area contributed by atoms with Gasteiger partial charge in [0.1, 0.15) is 5.54 Å². The number of benzene rings is 2. The number of para-hydroxylation sites is 1. The molecule has 2 heterocycles. The molecule has 0 saturated carbocycles. The highest BCUT2D eigenvalue weighted by molar-refractivity contribution is 7.18. The highest BCUT2D eigenvalue weighted by Crippen LogP contribution is 2.27. The molecule has 1 aliphatic heterocycles. The van der Waals surface area contributed by atoms with Crippen LogP contribution in [0, 0.1) is 0 Å². The standard InChI is InChI=1S/C20H18N4O3S/c1-20(18(26)23-19(27)24-20)12-5-4-6-13(11-12)21-16(25)9-10-17-22-14-7-2-3-8-15(14)28-17/h2-8,11H,9-10H2,1H3,(H,21,25)(H2,23,24,26,27)/t20-/m0/s1. The third-order valence-corrected chi connectivity index (χ3v) is 5.77. The van der Waals surface area contributed by atoms with Crippen LogP contribution in [0.5, 0.6) is 0 Å². The Bertz CT molecular complexity index is 1060. The van der Waals surface area contributed by atoms with E-state index in [1.807, 2.05) is 24.3 Å². The zero-order chi connectivity index (χ0) is 19.7. The van der Waals surface area contributed by atoms with Crippen molar-refractivity contribution in [2.45, 2.75) is 25.3 Å². The van der Waals surface area contributed by atoms with Gasteiger partial charge in [-0.3, -0.25) is 14.9 Å². The van der Waals surface area contributed by atoms with Crippen molar-refractivity contribution in [1.82, 2.24) is 15.6 Å². The van der Waals surface area contributed by atoms with Crippen LogP contribution < -0.4 is 16.0 Å². The lowest BCUT2D eigenvalue weighted by atomic mass is 9.92. The molecule has 1 aliphatic rings. The molecule has 1 atom stereocenters. The average molecular weight is 394 g/mol. The Kier molecular flexibility index (Phi) is 4.56. The third-order valence-electron chi connectivity index (χ3n) is 4.67. The number of carbonyl (C=O) groups is 3. The Morgan fingerprint density at radius 3 is 2.75 bits per heavy atom. The number of hydrogen-bond acceptors (Lipinski definition) is 5. The van der Waals surface area contributed by atoms with E-state index in [1.165, 1.54) is 0 Å². The Morgan fingerprint density at radius 1 is 1.18 bits per heavy atom. The maximum Gasteiger partial charge on any atom is 0.322 e. The molecule has 3 aromatic rings. The van der Waals surface area contributed by atoms with Crippen molar-refractivity contribution in [3.63, 3.8) is 0 Å². The van der Waals surface area contributed by atoms with Crippen LogP contribution in [0.2, 0.25) is 0 Å². The van der Waals surface area contributed by atoms with Crippen molar-refractivity contribution in [2.24, 2.45) is 0 Å². The molecule has 8 heteroatoms. The highest BCUT2D eigenvalue weighted by Gasteiger charge is 2.43. The predicted octanol–water partition coefficient (Wildman–Crippen LogP) is 2.92. The van der Waals surface area contributed by atoms with E-state index in [1.54, 1.807) is 42.5 Å². The zero-order valence-electron chi connectivity index (χ0n) is 15.1. The molecule has 3 N–H and O–H groups in total. The molecule has 0 radical (unpaired) electrons. The molecule has 0 unspecified atom stereocenters. The maximum absolute atomic E-state index is 12.3. The average Bonchev–Trinajstić information content (AvgIpc) is 3.20. The van der Waals surface area contributed by atoms with Gasteiger partial charge in [0.2, 0.25) is 5.91 Å². The summed E-state index contributed by atoms with van der Waals surface area (Å²) in [5.41, 5.74) is 0.960. The Morgan fingerprint density at radius 2 is 2.00 bits per heavy atom. The van der Waals surface area contributed by atoms with Gasteiger partial charge < -0.3 is 10.6 Å². The van der Waals surface area contributed by atoms with E-state index in [0.29, 0.717) is 24.1 Å². The van der Waals surface area contributed by atoms with Gasteiger partial charge in [-0.25, -0.2) is 9.78 Å². The lowest BCUT2D eigenvalue weighted by Gasteiger charge is -2.21. The number of rotatable bonds is 5. The second-order valence-corrected chi connectivity index (χ2v) is 7.85. The first kappa shape index (κ1) is 18.1. The molecule has 142 valence electrons. The van der Waals surface area contributed by atoms with E-state index in [4.69, 9.17) is 0 Å². The number of anilines is 1. The molecule has 1 saturated heterocycles. The van der Waals surface area contributed by atoms with Gasteiger partial charge in [-0.05, 0) is 36.8 Å². The summed E-state index contributed by atoms with van der Waals surface area (Å²) in [6.45, 7) is 1.63. The van der Waals surface area contributed by atoms with E-state index in [0.717, 1.165) is 15.2 Å². The van der Waals surface area contributed by atoms with Gasteiger partial charge in [-0.1, -0.05) is 24.3 Å². The largest absolute Gasteiger partial charge is 0.326 e. The molecule has 1 aromatic heterocycles. The number of carbonyl (C=O) groups excluding carboxylic acids is 3. The quantitative estimate of drug-likeness (QED) is 0.579. The first-order valence-corrected chi connectivity index (χ1v) is 9.64. The summed E-state index contributed by atoms with van der Waals surface area (Å²) < 4.78 is 1.11. The SMILES string of the molecule is C[C@@]1(c2cccc(NC(=O)CCc3nc4ccccc4s3)c2)NC(=O)NC1=O. The first-order valence-electron chi connectivity index (χ1n) is 8.82. The van der Waals surface area contributed by atoms with Crippen LogP contribution in [-0.4, -0.2) is 22.8 Å². The number of nitrogens with zero attached hydrogens (tertiary/aromatic N) is 1. The van der Waals surface area contributed by atoms with Crippen LogP contribution in [0.3, 0.4) is 0 Å². The van der Waals surface area contributed by atoms with E-state index < -0.39 is 17.5 Å². The predicted molar refractivity (Wildman–Crippen MR) is 107 cm³/mol. The van der Waals surface area contributed by atoms with Gasteiger partial charge in [0.05, 0.1) is 15.2 Å². The Hall–Kier alpha value is -3.26. The van der Waals surface area contributed by atoms with Crippen molar-refractivity contribution in [2.75, 3.05) is 5.32 Å². The number of amides is 4. The molecule has 4 rings (SSSR count). The summed E-state index contributed by atoms with van der Waals surface area (Å²) in [7, 11) is 0. The van der Waals surface area contributed by atoms with E-state index in [-0.39, 0.29) is 5.91 Å². The first-order chi connectivity index (χ1) is 13.4. The molecular formula is C20H18N4O3S. The van der Waals surface area contributed by atoms with Crippen LogP contribution in [0.4, 0.5) is 10.5 Å². The van der Waals surface area contributed by atoms with Gasteiger partial charge in [0.15, 0.2) is 0 Å². The second kappa shape index (κ2) is 7.05. The van der Waals surface area contributed by atoms with Crippen LogP contribution in [0.1, 0.15) is 23.9 Å². The third kappa shape index (κ3) is 3.46. The number of nitrogens with one attached hydrogen (secondary N) is 3. The van der Waals surface area contributed by atoms with Gasteiger partial charge in [0.25, 0.3) is 5.91 Å². The number of aryl methyl sites for hydroxylation is 1. The van der Waals surface area contributed by atoms with Crippen LogP contribution >= 0.6 is 11.3 Å². The van der Waals surface area contributed by atoms with Crippen molar-refractivity contribution >= 4 is 45.1 Å². The van der Waals surface area contributed by atoms with Crippen LogP contribution in [-0.2, 0) is 21.5 Å². The monoisotopic (exact) mass is 394 g/mol. The number of imide groups is 1. The Balaban J connectivity index is 1.42. The fourth-order valence-corrected chi connectivity index (χ4v) is 4.09. The van der Waals surface area contributed by atoms with Crippen molar-refractivity contribution < 1.29 is 14.4 Å². The summed E-state index contributed by atoms with van der Waals surface area (Å²) in [4.78, 5) is 40.4. The maximum atomic E-state index is 12.3. The summed E-state index contributed by atoms with van der Waals surface area (Å²) in [6.07, 6.45) is 0.861. The minimum Gasteiger partial charge on any atom is -0.326 e. The topological polar surface area (TPSA) is 100 Å². The molecule has 4 amide bonds. The molecular weight excluding hydrogens is 376 g/mol. The van der Waals surface area contributed by atoms with Crippen LogP contribution in [0.15, 0.2) is 48.5 Å². The van der Waals surface area contributed by atoms with Gasteiger partial charge in [-0.2, -0.15) is 0 Å². The smallest absolute Gasteiger partial charge is 0.322 e. The zero-order valence-corrected chi connectivity index (χ0v) is 15.9. The lowest BCUT2D eigenvalue weighted by Crippen LogP contribution is -2.40. The summed E-state index contributed by atoms with van der Waals surface area (Å²) in [5.74, 6) is -0.557. The molecule has 0 bridgehead atoms. The number of fused-ring (bicyclic) bond motifs is 1. The highest BCUT2D eigenvalue weighted by atomic mass is 32.1. The van der Waals surface area contributed by atoms with Crippen molar-refractivity contribution in [3.05, 3.63) is 59.1 Å². The van der Waals surface area contributed by atoms with E-state index >= 15 is 0 Å². The number of hydrogen-bond donors (Lipinski definition) is 3. The minimum atomic E-state index is -1.15. The number of urea groups is 1. The summed E-state index contributed by atoms with van der Waals surface area (Å²) in [5, 5.41) is 8.62. The molecule has 2 aromatic carbocycles. The lowest BCUT2D eigenvalue weighted by molar-refractivity contribution is -0.123. The molecule has 0 spiro atoms. The molecule has 0 aliphatic carbocycles. The normalized spacial score (nSPS) is 18.8. The van der Waals surface area contributed by atoms with E-state index in [2.05, 4.69) is 20.9 Å². The summed E-state index contributed by atoms with van der Waals surface area (Å²) >= 11 is 1.59. The fraction of sp³-hybridized carbons (Fsp3) is 0.200. The molecule has 1 fully saturated rings. The minimum absolute atomic E-state index is 0.138. The molecule has 28 heavy (non-hydrogen) atoms. The van der Waals surface area contributed by atoms with Gasteiger partial charge in [-0.15, -0.1) is 11.3 Å². The number of thiazole rings is 1. The second-order valence-electron chi connectivity index (χ2n) is 6.74. The molecule has 7 nitrogen and oxygen atoms in total. The van der Waals surface area contributed by atoms with E-state index in [9.17, 15) is 14.4 Å². The van der Waals surface area contributed by atoms with Crippen LogP contribution in [0.25, 0.3) is 10.2 Å².